The Bertz CT molecular complexity index is 428. The summed E-state index contributed by atoms with van der Waals surface area (Å²) in [5.74, 6) is 3.02. The highest BCUT2D eigenvalue weighted by Crippen LogP contribution is 2.40. The number of anilines is 1. The van der Waals surface area contributed by atoms with Crippen LogP contribution in [-0.2, 0) is 4.74 Å². The number of nitrogens with one attached hydrogen (secondary N) is 1. The molecular weight excluding hydrogens is 218 g/mol. The maximum Gasteiger partial charge on any atom is 0.222 e. The average molecular weight is 235 g/mol. The van der Waals surface area contributed by atoms with Crippen molar-refractivity contribution in [2.45, 2.75) is 31.8 Å². The molecule has 1 aliphatic heterocycles. The van der Waals surface area contributed by atoms with Gasteiger partial charge >= 0.3 is 0 Å². The second-order valence-electron chi connectivity index (χ2n) is 4.66. The van der Waals surface area contributed by atoms with E-state index >= 15 is 0 Å². The highest BCUT2D eigenvalue weighted by Gasteiger charge is 2.29. The molecule has 0 bridgehead atoms. The van der Waals surface area contributed by atoms with Crippen molar-refractivity contribution >= 4 is 5.82 Å². The van der Waals surface area contributed by atoms with Crippen LogP contribution < -0.4 is 10.1 Å². The van der Waals surface area contributed by atoms with E-state index in [2.05, 4.69) is 15.3 Å². The van der Waals surface area contributed by atoms with Crippen LogP contribution in [0.4, 0.5) is 5.82 Å². The third-order valence-electron chi connectivity index (χ3n) is 3.18. The zero-order chi connectivity index (χ0) is 11.8. The number of nitrogens with zero attached hydrogens (tertiary/aromatic N) is 2. The van der Waals surface area contributed by atoms with Crippen molar-refractivity contribution in [3.63, 3.8) is 0 Å². The van der Waals surface area contributed by atoms with Crippen LogP contribution in [0.25, 0.3) is 0 Å². The Balaban J connectivity index is 1.89. The van der Waals surface area contributed by atoms with Crippen molar-refractivity contribution in [2.24, 2.45) is 0 Å². The Hall–Kier alpha value is -1.36. The fourth-order valence-electron chi connectivity index (χ4n) is 1.83. The smallest absolute Gasteiger partial charge is 0.222 e. The molecule has 5 heteroatoms. The van der Waals surface area contributed by atoms with E-state index in [9.17, 15) is 0 Å². The van der Waals surface area contributed by atoms with E-state index in [4.69, 9.17) is 9.47 Å². The number of ether oxygens (including phenoxy) is 2. The van der Waals surface area contributed by atoms with E-state index < -0.39 is 0 Å². The van der Waals surface area contributed by atoms with Crippen molar-refractivity contribution in [1.29, 1.82) is 0 Å². The summed E-state index contributed by atoms with van der Waals surface area (Å²) in [6.07, 6.45) is 2.54. The molecule has 1 saturated carbocycles. The SMILES string of the molecule is CNc1nc(C2CC2)nc(OC2COC2)c1C. The summed E-state index contributed by atoms with van der Waals surface area (Å²) in [6, 6.07) is 0. The Morgan fingerprint density at radius 3 is 2.59 bits per heavy atom. The number of hydrogen-bond donors (Lipinski definition) is 1. The predicted molar refractivity (Wildman–Crippen MR) is 63.5 cm³/mol. The number of aromatic nitrogens is 2. The Labute approximate surface area is 101 Å². The van der Waals surface area contributed by atoms with E-state index in [-0.39, 0.29) is 6.10 Å². The minimum atomic E-state index is 0.153. The van der Waals surface area contributed by atoms with Crippen molar-refractivity contribution in [3.8, 4) is 5.88 Å². The minimum absolute atomic E-state index is 0.153. The van der Waals surface area contributed by atoms with Crippen LogP contribution in [0.1, 0.15) is 30.1 Å². The molecule has 5 nitrogen and oxygen atoms in total. The normalized spacial score (nSPS) is 19.9. The van der Waals surface area contributed by atoms with E-state index in [0.717, 1.165) is 17.2 Å². The van der Waals surface area contributed by atoms with Gasteiger partial charge in [-0.15, -0.1) is 0 Å². The lowest BCUT2D eigenvalue weighted by Crippen LogP contribution is -2.39. The average Bonchev–Trinajstić information content (AvgIpc) is 3.09. The van der Waals surface area contributed by atoms with E-state index in [1.54, 1.807) is 0 Å². The van der Waals surface area contributed by atoms with Gasteiger partial charge < -0.3 is 14.8 Å². The van der Waals surface area contributed by atoms with E-state index in [1.165, 1.54) is 12.8 Å². The molecule has 1 aromatic heterocycles. The van der Waals surface area contributed by atoms with Gasteiger partial charge in [-0.1, -0.05) is 0 Å². The van der Waals surface area contributed by atoms with Gasteiger partial charge in [0, 0.05) is 13.0 Å². The van der Waals surface area contributed by atoms with E-state index in [0.29, 0.717) is 25.0 Å². The topological polar surface area (TPSA) is 56.3 Å². The van der Waals surface area contributed by atoms with Crippen LogP contribution >= 0.6 is 0 Å². The molecule has 2 aliphatic rings. The molecule has 1 saturated heterocycles. The third-order valence-corrected chi connectivity index (χ3v) is 3.18. The largest absolute Gasteiger partial charge is 0.469 e. The Kier molecular flexibility index (Phi) is 2.63. The molecular formula is C12H17N3O2. The molecule has 1 aromatic rings. The zero-order valence-electron chi connectivity index (χ0n) is 10.2. The predicted octanol–water partition coefficient (Wildman–Crippen LogP) is 1.48. The summed E-state index contributed by atoms with van der Waals surface area (Å²) < 4.78 is 10.9. The van der Waals surface area contributed by atoms with Gasteiger partial charge in [-0.05, 0) is 19.8 Å². The van der Waals surface area contributed by atoms with Crippen LogP contribution in [0.3, 0.4) is 0 Å². The van der Waals surface area contributed by atoms with Gasteiger partial charge in [-0.2, -0.15) is 4.98 Å². The van der Waals surface area contributed by atoms with Crippen molar-refractivity contribution in [1.82, 2.24) is 9.97 Å². The standard InChI is InChI=1S/C12H17N3O2/c1-7-10(13-2)14-11(8-3-4-8)15-12(7)17-9-5-16-6-9/h8-9H,3-6H2,1-2H3,(H,13,14,15). The highest BCUT2D eigenvalue weighted by molar-refractivity contribution is 5.48. The van der Waals surface area contributed by atoms with Crippen LogP contribution in [0, 0.1) is 6.92 Å². The molecule has 1 aliphatic carbocycles. The van der Waals surface area contributed by atoms with Gasteiger partial charge in [0.25, 0.3) is 0 Å². The lowest BCUT2D eigenvalue weighted by atomic mass is 10.2. The van der Waals surface area contributed by atoms with Crippen molar-refractivity contribution in [3.05, 3.63) is 11.4 Å². The molecule has 2 fully saturated rings. The number of rotatable bonds is 4. The van der Waals surface area contributed by atoms with Gasteiger partial charge in [0.05, 0.1) is 18.8 Å². The first-order chi connectivity index (χ1) is 8.28. The quantitative estimate of drug-likeness (QED) is 0.856. The number of hydrogen-bond acceptors (Lipinski definition) is 5. The van der Waals surface area contributed by atoms with Crippen LogP contribution in [-0.4, -0.2) is 36.3 Å². The molecule has 0 aromatic carbocycles. The van der Waals surface area contributed by atoms with Crippen LogP contribution in [0.15, 0.2) is 0 Å². The maximum absolute atomic E-state index is 5.83. The monoisotopic (exact) mass is 235 g/mol. The molecule has 0 amide bonds. The second-order valence-corrected chi connectivity index (χ2v) is 4.66. The Morgan fingerprint density at radius 1 is 1.29 bits per heavy atom. The lowest BCUT2D eigenvalue weighted by Gasteiger charge is -2.27. The summed E-state index contributed by atoms with van der Waals surface area (Å²) in [5, 5.41) is 3.11. The summed E-state index contributed by atoms with van der Waals surface area (Å²) in [5.41, 5.74) is 0.976. The maximum atomic E-state index is 5.83. The van der Waals surface area contributed by atoms with Gasteiger partial charge in [0.1, 0.15) is 17.7 Å². The molecule has 0 spiro atoms. The molecule has 0 atom stereocenters. The fraction of sp³-hybridized carbons (Fsp3) is 0.667. The summed E-state index contributed by atoms with van der Waals surface area (Å²) in [7, 11) is 1.88. The second kappa shape index (κ2) is 4.14. The van der Waals surface area contributed by atoms with E-state index in [1.807, 2.05) is 14.0 Å². The van der Waals surface area contributed by atoms with Crippen molar-refractivity contribution in [2.75, 3.05) is 25.6 Å². The van der Waals surface area contributed by atoms with Crippen LogP contribution in [0.5, 0.6) is 5.88 Å². The molecule has 17 heavy (non-hydrogen) atoms. The summed E-state index contributed by atoms with van der Waals surface area (Å²) >= 11 is 0. The fourth-order valence-corrected chi connectivity index (χ4v) is 1.83. The summed E-state index contributed by atoms with van der Waals surface area (Å²) in [6.45, 7) is 3.31. The minimum Gasteiger partial charge on any atom is -0.469 e. The third kappa shape index (κ3) is 2.07. The first kappa shape index (κ1) is 10.8. The summed E-state index contributed by atoms with van der Waals surface area (Å²) in [4.78, 5) is 9.07. The molecule has 2 heterocycles. The highest BCUT2D eigenvalue weighted by atomic mass is 16.6. The first-order valence-electron chi connectivity index (χ1n) is 6.08. The van der Waals surface area contributed by atoms with Gasteiger partial charge in [0.15, 0.2) is 0 Å². The van der Waals surface area contributed by atoms with Crippen LogP contribution in [0.2, 0.25) is 0 Å². The lowest BCUT2D eigenvalue weighted by molar-refractivity contribution is -0.0816. The van der Waals surface area contributed by atoms with Gasteiger partial charge in [-0.3, -0.25) is 0 Å². The van der Waals surface area contributed by atoms with Gasteiger partial charge in [0.2, 0.25) is 5.88 Å². The molecule has 0 unspecified atom stereocenters. The zero-order valence-corrected chi connectivity index (χ0v) is 10.2. The molecule has 1 N–H and O–H groups in total. The Morgan fingerprint density at radius 2 is 2.06 bits per heavy atom. The molecule has 3 rings (SSSR count). The molecule has 92 valence electrons. The first-order valence-corrected chi connectivity index (χ1v) is 6.08. The van der Waals surface area contributed by atoms with Crippen molar-refractivity contribution < 1.29 is 9.47 Å². The molecule has 0 radical (unpaired) electrons. The van der Waals surface area contributed by atoms with Gasteiger partial charge in [-0.25, -0.2) is 4.98 Å².